The van der Waals surface area contributed by atoms with Gasteiger partial charge >= 0.3 is 0 Å². The Morgan fingerprint density at radius 1 is 1.11 bits per heavy atom. The van der Waals surface area contributed by atoms with Crippen LogP contribution in [0.4, 0.5) is 14.6 Å². The van der Waals surface area contributed by atoms with Crippen molar-refractivity contribution in [2.24, 2.45) is 5.41 Å². The number of benzene rings is 1. The van der Waals surface area contributed by atoms with Crippen LogP contribution in [-0.4, -0.2) is 40.4 Å². The van der Waals surface area contributed by atoms with E-state index in [1.54, 1.807) is 17.3 Å². The highest BCUT2D eigenvalue weighted by Crippen LogP contribution is 2.42. The molecule has 0 bridgehead atoms. The van der Waals surface area contributed by atoms with E-state index >= 15 is 0 Å². The molecular weight excluding hydrogens is 350 g/mol. The molecule has 1 aromatic heterocycles. The van der Waals surface area contributed by atoms with Crippen LogP contribution >= 0.6 is 0 Å². The lowest BCUT2D eigenvalue weighted by atomic mass is 9.77. The Morgan fingerprint density at radius 3 is 2.56 bits per heavy atom. The van der Waals surface area contributed by atoms with E-state index in [1.165, 1.54) is 12.1 Å². The van der Waals surface area contributed by atoms with Crippen molar-refractivity contribution in [1.82, 2.24) is 14.9 Å². The highest BCUT2D eigenvalue weighted by Gasteiger charge is 2.45. The fourth-order valence-corrected chi connectivity index (χ4v) is 4.22. The minimum absolute atomic E-state index is 0.0394. The van der Waals surface area contributed by atoms with Crippen molar-refractivity contribution >= 4 is 11.7 Å². The summed E-state index contributed by atoms with van der Waals surface area (Å²) in [6, 6.07) is 3.83. The number of carbonyl (C=O) groups excluding carboxylic acids is 1. The number of carbonyl (C=O) groups is 1. The minimum Gasteiger partial charge on any atom is -0.355 e. The average molecular weight is 372 g/mol. The maximum absolute atomic E-state index is 13.4. The number of piperidine rings is 1. The smallest absolute Gasteiger partial charge is 0.223 e. The first kappa shape index (κ1) is 17.8. The number of hydrogen-bond acceptors (Lipinski definition) is 4. The molecular formula is C20H22F2N4O. The van der Waals surface area contributed by atoms with Crippen LogP contribution in [0.2, 0.25) is 0 Å². The van der Waals surface area contributed by atoms with E-state index in [-0.39, 0.29) is 11.3 Å². The molecule has 0 atom stereocenters. The van der Waals surface area contributed by atoms with E-state index in [9.17, 15) is 13.6 Å². The molecule has 1 amide bonds. The van der Waals surface area contributed by atoms with E-state index in [1.807, 2.05) is 6.92 Å². The molecule has 2 aliphatic heterocycles. The topological polar surface area (TPSA) is 49.3 Å². The first-order valence-electron chi connectivity index (χ1n) is 9.20. The highest BCUT2D eigenvalue weighted by atomic mass is 19.2. The number of nitrogens with zero attached hydrogens (tertiary/aromatic N) is 4. The molecule has 0 N–H and O–H groups in total. The molecule has 0 aliphatic carbocycles. The number of amides is 1. The summed E-state index contributed by atoms with van der Waals surface area (Å²) in [4.78, 5) is 25.3. The van der Waals surface area contributed by atoms with Gasteiger partial charge in [-0.25, -0.2) is 13.8 Å². The summed E-state index contributed by atoms with van der Waals surface area (Å²) in [5.74, 6) is -0.740. The highest BCUT2D eigenvalue weighted by molar-refractivity contribution is 5.79. The van der Waals surface area contributed by atoms with Crippen molar-refractivity contribution in [2.45, 2.75) is 32.7 Å². The van der Waals surface area contributed by atoms with Crippen LogP contribution in [0, 0.1) is 24.0 Å². The molecule has 1 aromatic carbocycles. The molecule has 0 saturated carbocycles. The molecule has 5 nitrogen and oxygen atoms in total. The largest absolute Gasteiger partial charge is 0.355 e. The molecule has 1 spiro atoms. The van der Waals surface area contributed by atoms with Gasteiger partial charge in [-0.2, -0.15) is 0 Å². The van der Waals surface area contributed by atoms with Gasteiger partial charge in [-0.1, -0.05) is 6.07 Å². The van der Waals surface area contributed by atoms with Gasteiger partial charge in [-0.3, -0.25) is 9.78 Å². The predicted molar refractivity (Wildman–Crippen MR) is 97.0 cm³/mol. The normalized spacial score (nSPS) is 19.1. The van der Waals surface area contributed by atoms with Crippen molar-refractivity contribution < 1.29 is 13.6 Å². The zero-order chi connectivity index (χ0) is 19.0. The van der Waals surface area contributed by atoms with Crippen molar-refractivity contribution in [1.29, 1.82) is 0 Å². The van der Waals surface area contributed by atoms with E-state index in [0.717, 1.165) is 43.5 Å². The fourth-order valence-electron chi connectivity index (χ4n) is 4.22. The van der Waals surface area contributed by atoms with Crippen molar-refractivity contribution in [3.8, 4) is 0 Å². The van der Waals surface area contributed by atoms with Gasteiger partial charge in [0, 0.05) is 50.4 Å². The first-order chi connectivity index (χ1) is 13.0. The van der Waals surface area contributed by atoms with Crippen LogP contribution in [0.5, 0.6) is 0 Å². The molecule has 7 heteroatoms. The van der Waals surface area contributed by atoms with Gasteiger partial charge < -0.3 is 9.80 Å². The lowest BCUT2D eigenvalue weighted by Crippen LogP contribution is -2.42. The molecule has 2 saturated heterocycles. The number of rotatable bonds is 3. The van der Waals surface area contributed by atoms with Crippen molar-refractivity contribution in [2.75, 3.05) is 24.5 Å². The maximum Gasteiger partial charge on any atom is 0.223 e. The van der Waals surface area contributed by atoms with Gasteiger partial charge in [0.05, 0.1) is 5.69 Å². The van der Waals surface area contributed by atoms with Gasteiger partial charge in [0.2, 0.25) is 5.91 Å². The number of aryl methyl sites for hydroxylation is 1. The average Bonchev–Trinajstić information content (AvgIpc) is 2.94. The second kappa shape index (κ2) is 6.87. The van der Waals surface area contributed by atoms with Crippen LogP contribution < -0.4 is 4.90 Å². The van der Waals surface area contributed by atoms with Gasteiger partial charge in [0.25, 0.3) is 0 Å². The molecule has 142 valence electrons. The van der Waals surface area contributed by atoms with E-state index in [2.05, 4.69) is 14.9 Å². The Hall–Kier alpha value is -2.57. The van der Waals surface area contributed by atoms with Crippen LogP contribution in [-0.2, 0) is 11.3 Å². The van der Waals surface area contributed by atoms with Crippen molar-refractivity contribution in [3.05, 3.63) is 53.5 Å². The number of hydrogen-bond donors (Lipinski definition) is 0. The molecule has 0 radical (unpaired) electrons. The third kappa shape index (κ3) is 3.50. The lowest BCUT2D eigenvalue weighted by Gasteiger charge is -2.39. The zero-order valence-electron chi connectivity index (χ0n) is 15.3. The molecule has 3 heterocycles. The van der Waals surface area contributed by atoms with E-state index in [4.69, 9.17) is 0 Å². The number of halogens is 2. The van der Waals surface area contributed by atoms with Gasteiger partial charge in [-0.15, -0.1) is 0 Å². The third-order valence-electron chi connectivity index (χ3n) is 5.74. The van der Waals surface area contributed by atoms with Crippen LogP contribution in [0.25, 0.3) is 0 Å². The van der Waals surface area contributed by atoms with E-state index < -0.39 is 11.6 Å². The summed E-state index contributed by atoms with van der Waals surface area (Å²) in [6.45, 7) is 4.62. The van der Waals surface area contributed by atoms with Crippen LogP contribution in [0.3, 0.4) is 0 Å². The SMILES string of the molecule is Cc1nccnc1N1CCC2(CC1)CC(=O)N(Cc1ccc(F)c(F)c1)C2. The van der Waals surface area contributed by atoms with Gasteiger partial charge in [0.15, 0.2) is 11.6 Å². The molecule has 0 unspecified atom stereocenters. The number of aromatic nitrogens is 2. The van der Waals surface area contributed by atoms with Gasteiger partial charge in [-0.05, 0) is 37.5 Å². The molecule has 2 fully saturated rings. The third-order valence-corrected chi connectivity index (χ3v) is 5.74. The Bertz CT molecular complexity index is 865. The Balaban J connectivity index is 1.42. The van der Waals surface area contributed by atoms with Crippen LogP contribution in [0.1, 0.15) is 30.5 Å². The Kier molecular flexibility index (Phi) is 4.53. The van der Waals surface area contributed by atoms with Crippen molar-refractivity contribution in [3.63, 3.8) is 0 Å². The number of likely N-dealkylation sites (tertiary alicyclic amines) is 1. The minimum atomic E-state index is -0.874. The summed E-state index contributed by atoms with van der Waals surface area (Å²) in [6.07, 6.45) is 5.72. The standard InChI is InChI=1S/C20H22F2N4O/c1-14-19(24-7-6-23-14)25-8-4-20(5-9-25)11-18(27)26(13-20)12-15-2-3-16(21)17(22)10-15/h2-3,6-7,10H,4-5,8-9,11-13H2,1H3. The molecule has 2 aliphatic rings. The summed E-state index contributed by atoms with van der Waals surface area (Å²) < 4.78 is 26.6. The van der Waals surface area contributed by atoms with E-state index in [0.29, 0.717) is 25.1 Å². The van der Waals surface area contributed by atoms with Gasteiger partial charge in [0.1, 0.15) is 5.82 Å². The fraction of sp³-hybridized carbons (Fsp3) is 0.450. The lowest BCUT2D eigenvalue weighted by molar-refractivity contribution is -0.128. The number of anilines is 1. The second-order valence-corrected chi connectivity index (χ2v) is 7.63. The monoisotopic (exact) mass is 372 g/mol. The Morgan fingerprint density at radius 2 is 1.85 bits per heavy atom. The predicted octanol–water partition coefficient (Wildman–Crippen LogP) is 3.08. The molecule has 2 aromatic rings. The van der Waals surface area contributed by atoms with Crippen LogP contribution in [0.15, 0.2) is 30.6 Å². The quantitative estimate of drug-likeness (QED) is 0.831. The molecule has 27 heavy (non-hydrogen) atoms. The summed E-state index contributed by atoms with van der Waals surface area (Å²) in [5.41, 5.74) is 1.49. The first-order valence-corrected chi connectivity index (χ1v) is 9.20. The summed E-state index contributed by atoms with van der Waals surface area (Å²) in [5, 5.41) is 0. The maximum atomic E-state index is 13.4. The summed E-state index contributed by atoms with van der Waals surface area (Å²) >= 11 is 0. The molecule has 4 rings (SSSR count). The second-order valence-electron chi connectivity index (χ2n) is 7.63. The Labute approximate surface area is 157 Å². The summed E-state index contributed by atoms with van der Waals surface area (Å²) in [7, 11) is 0. The zero-order valence-corrected chi connectivity index (χ0v) is 15.3.